The van der Waals surface area contributed by atoms with Gasteiger partial charge in [0.1, 0.15) is 0 Å². The Morgan fingerprint density at radius 2 is 2.17 bits per heavy atom. The summed E-state index contributed by atoms with van der Waals surface area (Å²) in [4.78, 5) is 31.2. The molecule has 0 saturated carbocycles. The maximum atomic E-state index is 12.7. The van der Waals surface area contributed by atoms with Crippen molar-refractivity contribution in [1.82, 2.24) is 9.88 Å². The number of aromatic nitrogens is 1. The standard InChI is InChI=1S/C18H22N2O2S/c1-11-17(13(3)21)12(2)19-18(11)15(22)10-20-8-4-6-14(20)16-7-5-9-23-16/h5,7,9,14,19H,4,6,8,10H2,1-3H3/t14-/m0/s1. The zero-order valence-corrected chi connectivity index (χ0v) is 14.6. The van der Waals surface area contributed by atoms with Crippen molar-refractivity contribution in [3.63, 3.8) is 0 Å². The lowest BCUT2D eigenvalue weighted by Gasteiger charge is -2.22. The number of rotatable bonds is 5. The normalized spacial score (nSPS) is 18.5. The van der Waals surface area contributed by atoms with E-state index < -0.39 is 0 Å². The van der Waals surface area contributed by atoms with Gasteiger partial charge in [-0.25, -0.2) is 0 Å². The van der Waals surface area contributed by atoms with Gasteiger partial charge < -0.3 is 4.98 Å². The second kappa shape index (κ2) is 6.42. The highest BCUT2D eigenvalue weighted by atomic mass is 32.1. The first-order valence-corrected chi connectivity index (χ1v) is 8.87. The molecule has 1 N–H and O–H groups in total. The number of likely N-dealkylation sites (tertiary alicyclic amines) is 1. The Morgan fingerprint density at radius 1 is 1.39 bits per heavy atom. The number of aryl methyl sites for hydroxylation is 1. The molecular weight excluding hydrogens is 308 g/mol. The summed E-state index contributed by atoms with van der Waals surface area (Å²) in [6.07, 6.45) is 2.23. The number of nitrogens with one attached hydrogen (secondary N) is 1. The molecule has 4 nitrogen and oxygen atoms in total. The smallest absolute Gasteiger partial charge is 0.193 e. The number of Topliss-reactive ketones (excluding diaryl/α,β-unsaturated/α-hetero) is 2. The number of hydrogen-bond donors (Lipinski definition) is 1. The van der Waals surface area contributed by atoms with Crippen LogP contribution in [0.5, 0.6) is 0 Å². The highest BCUT2D eigenvalue weighted by Gasteiger charge is 2.29. The Hall–Kier alpha value is -1.72. The second-order valence-corrected chi connectivity index (χ2v) is 7.23. The molecule has 1 saturated heterocycles. The van der Waals surface area contributed by atoms with Crippen LogP contribution in [0.3, 0.4) is 0 Å². The van der Waals surface area contributed by atoms with Crippen LogP contribution in [0, 0.1) is 13.8 Å². The van der Waals surface area contributed by atoms with Crippen molar-refractivity contribution < 1.29 is 9.59 Å². The van der Waals surface area contributed by atoms with E-state index in [2.05, 4.69) is 27.4 Å². The third-order valence-electron chi connectivity index (χ3n) is 4.65. The van der Waals surface area contributed by atoms with Crippen LogP contribution in [0.15, 0.2) is 17.5 Å². The molecule has 1 aliphatic rings. The fourth-order valence-electron chi connectivity index (χ4n) is 3.64. The molecule has 2 aromatic rings. The first kappa shape index (κ1) is 16.1. The van der Waals surface area contributed by atoms with Crippen LogP contribution in [0.4, 0.5) is 0 Å². The number of thiophene rings is 1. The van der Waals surface area contributed by atoms with Crippen LogP contribution in [-0.2, 0) is 0 Å². The van der Waals surface area contributed by atoms with Crippen LogP contribution < -0.4 is 0 Å². The summed E-state index contributed by atoms with van der Waals surface area (Å²) in [5.74, 6) is 0.0782. The Balaban J connectivity index is 1.79. The molecule has 1 aliphatic heterocycles. The van der Waals surface area contributed by atoms with E-state index in [-0.39, 0.29) is 11.6 Å². The first-order chi connectivity index (χ1) is 11.0. The molecule has 0 radical (unpaired) electrons. The third kappa shape index (κ3) is 3.03. The minimum absolute atomic E-state index is 0.00735. The lowest BCUT2D eigenvalue weighted by Crippen LogP contribution is -2.29. The Bertz CT molecular complexity index is 731. The number of H-pyrrole nitrogens is 1. The fourth-order valence-corrected chi connectivity index (χ4v) is 4.53. The van der Waals surface area contributed by atoms with Gasteiger partial charge in [-0.15, -0.1) is 11.3 Å². The summed E-state index contributed by atoms with van der Waals surface area (Å²) in [6, 6.07) is 4.56. The molecule has 0 unspecified atom stereocenters. The number of hydrogen-bond acceptors (Lipinski definition) is 4. The average molecular weight is 330 g/mol. The Labute approximate surface area is 140 Å². The molecule has 3 heterocycles. The summed E-state index contributed by atoms with van der Waals surface area (Å²) >= 11 is 1.76. The minimum Gasteiger partial charge on any atom is -0.355 e. The predicted molar refractivity (Wildman–Crippen MR) is 92.5 cm³/mol. The summed E-state index contributed by atoms with van der Waals surface area (Å²) in [6.45, 7) is 6.61. The van der Waals surface area contributed by atoms with Gasteiger partial charge in [0, 0.05) is 22.2 Å². The zero-order chi connectivity index (χ0) is 16.6. The van der Waals surface area contributed by atoms with Gasteiger partial charge in [0.2, 0.25) is 0 Å². The molecule has 5 heteroatoms. The molecule has 0 spiro atoms. The van der Waals surface area contributed by atoms with Crippen molar-refractivity contribution in [3.8, 4) is 0 Å². The Kier molecular flexibility index (Phi) is 4.50. The van der Waals surface area contributed by atoms with Crippen molar-refractivity contribution >= 4 is 22.9 Å². The lowest BCUT2D eigenvalue weighted by molar-refractivity contribution is 0.0917. The quantitative estimate of drug-likeness (QED) is 0.846. The number of carbonyl (C=O) groups excluding carboxylic acids is 2. The molecule has 23 heavy (non-hydrogen) atoms. The number of carbonyl (C=O) groups is 2. The van der Waals surface area contributed by atoms with Crippen molar-refractivity contribution in [2.24, 2.45) is 0 Å². The average Bonchev–Trinajstić information content (AvgIpc) is 3.18. The van der Waals surface area contributed by atoms with Crippen LogP contribution in [0.1, 0.15) is 62.8 Å². The SMILES string of the molecule is CC(=O)c1c(C)[nH]c(C(=O)CN2CCC[C@H]2c2cccs2)c1C. The van der Waals surface area contributed by atoms with Crippen molar-refractivity contribution in [3.05, 3.63) is 44.9 Å². The van der Waals surface area contributed by atoms with Gasteiger partial charge in [-0.1, -0.05) is 6.07 Å². The van der Waals surface area contributed by atoms with E-state index in [4.69, 9.17) is 0 Å². The molecule has 0 amide bonds. The topological polar surface area (TPSA) is 53.2 Å². The summed E-state index contributed by atoms with van der Waals surface area (Å²) in [7, 11) is 0. The monoisotopic (exact) mass is 330 g/mol. The van der Waals surface area contributed by atoms with Gasteiger partial charge in [-0.3, -0.25) is 14.5 Å². The number of ketones is 2. The molecule has 122 valence electrons. The van der Waals surface area contributed by atoms with Crippen molar-refractivity contribution in [1.29, 1.82) is 0 Å². The van der Waals surface area contributed by atoms with E-state index in [0.29, 0.717) is 23.8 Å². The molecule has 2 aromatic heterocycles. The van der Waals surface area contributed by atoms with E-state index in [1.54, 1.807) is 18.3 Å². The van der Waals surface area contributed by atoms with E-state index in [0.717, 1.165) is 30.6 Å². The van der Waals surface area contributed by atoms with Crippen LogP contribution >= 0.6 is 11.3 Å². The zero-order valence-electron chi connectivity index (χ0n) is 13.8. The molecule has 0 bridgehead atoms. The highest BCUT2D eigenvalue weighted by molar-refractivity contribution is 7.10. The third-order valence-corrected chi connectivity index (χ3v) is 5.62. The highest BCUT2D eigenvalue weighted by Crippen LogP contribution is 2.34. The van der Waals surface area contributed by atoms with E-state index in [9.17, 15) is 9.59 Å². The van der Waals surface area contributed by atoms with Gasteiger partial charge >= 0.3 is 0 Å². The van der Waals surface area contributed by atoms with Crippen LogP contribution in [0.2, 0.25) is 0 Å². The second-order valence-electron chi connectivity index (χ2n) is 6.25. The fraction of sp³-hybridized carbons (Fsp3) is 0.444. The summed E-state index contributed by atoms with van der Waals surface area (Å²) < 4.78 is 0. The first-order valence-electron chi connectivity index (χ1n) is 7.99. The van der Waals surface area contributed by atoms with Gasteiger partial charge in [-0.2, -0.15) is 0 Å². The molecule has 1 fully saturated rings. The van der Waals surface area contributed by atoms with Crippen molar-refractivity contribution in [2.45, 2.75) is 39.7 Å². The van der Waals surface area contributed by atoms with E-state index in [1.807, 2.05) is 13.8 Å². The lowest BCUT2D eigenvalue weighted by atomic mass is 10.0. The van der Waals surface area contributed by atoms with Gasteiger partial charge in [0.15, 0.2) is 11.6 Å². The molecule has 0 aromatic carbocycles. The predicted octanol–water partition coefficient (Wildman–Crippen LogP) is 3.92. The van der Waals surface area contributed by atoms with Gasteiger partial charge in [0.25, 0.3) is 0 Å². The number of aromatic amines is 1. The number of nitrogens with zero attached hydrogens (tertiary/aromatic N) is 1. The maximum Gasteiger partial charge on any atom is 0.193 e. The van der Waals surface area contributed by atoms with Crippen molar-refractivity contribution in [2.75, 3.05) is 13.1 Å². The Morgan fingerprint density at radius 3 is 2.78 bits per heavy atom. The summed E-state index contributed by atoms with van der Waals surface area (Å²) in [5, 5.41) is 2.09. The molecule has 0 aliphatic carbocycles. The molecule has 1 atom stereocenters. The van der Waals surface area contributed by atoms with E-state index >= 15 is 0 Å². The van der Waals surface area contributed by atoms with Gasteiger partial charge in [-0.05, 0) is 57.2 Å². The molecule has 3 rings (SSSR count). The largest absolute Gasteiger partial charge is 0.355 e. The van der Waals surface area contributed by atoms with E-state index in [1.165, 1.54) is 4.88 Å². The summed E-state index contributed by atoms with van der Waals surface area (Å²) in [5.41, 5.74) is 2.82. The van der Waals surface area contributed by atoms with Gasteiger partial charge in [0.05, 0.1) is 12.2 Å². The minimum atomic E-state index is 0.00735. The van der Waals surface area contributed by atoms with Crippen LogP contribution in [0.25, 0.3) is 0 Å². The maximum absolute atomic E-state index is 12.7. The van der Waals surface area contributed by atoms with Crippen LogP contribution in [-0.4, -0.2) is 34.5 Å². The molecular formula is C18H22N2O2S.